The molecule has 1 N–H and O–H groups in total. The second kappa shape index (κ2) is 7.71. The van der Waals surface area contributed by atoms with Gasteiger partial charge in [-0.3, -0.25) is 4.79 Å². The molecule has 2 rings (SSSR count). The first kappa shape index (κ1) is 19.0. The summed E-state index contributed by atoms with van der Waals surface area (Å²) in [5.74, 6) is -2.38. The van der Waals surface area contributed by atoms with Gasteiger partial charge in [-0.1, -0.05) is 23.8 Å². The number of sulfonamides is 1. The van der Waals surface area contributed by atoms with Crippen LogP contribution in [0.3, 0.4) is 0 Å². The van der Waals surface area contributed by atoms with Crippen molar-refractivity contribution in [3.05, 3.63) is 59.7 Å². The molecule has 0 heterocycles. The summed E-state index contributed by atoms with van der Waals surface area (Å²) in [5, 5.41) is 0. The van der Waals surface area contributed by atoms with E-state index in [0.717, 1.165) is 29.5 Å². The Morgan fingerprint density at radius 2 is 1.64 bits per heavy atom. The summed E-state index contributed by atoms with van der Waals surface area (Å²) in [7, 11) is -3.78. The number of aryl methyl sites for hydroxylation is 1. The molecule has 0 spiro atoms. The first-order valence-electron chi connectivity index (χ1n) is 7.51. The van der Waals surface area contributed by atoms with Crippen LogP contribution in [0.15, 0.2) is 47.4 Å². The monoisotopic (exact) mass is 368 g/mol. The van der Waals surface area contributed by atoms with Crippen LogP contribution in [-0.4, -0.2) is 27.4 Å². The van der Waals surface area contributed by atoms with E-state index in [9.17, 15) is 22.0 Å². The van der Waals surface area contributed by atoms with Crippen LogP contribution in [0.2, 0.25) is 0 Å². The van der Waals surface area contributed by atoms with Crippen molar-refractivity contribution in [1.29, 1.82) is 0 Å². The maximum atomic E-state index is 13.9. The standard InChI is InChI=1S/C17H18F2N2O3S/c1-12-6-8-14(9-7-12)25(23,24)20-10-11-21(13(2)22)17-15(18)4-3-5-16(17)19/h3-9,20H,10-11H2,1-2H3. The Morgan fingerprint density at radius 3 is 2.16 bits per heavy atom. The lowest BCUT2D eigenvalue weighted by Crippen LogP contribution is -2.38. The first-order chi connectivity index (χ1) is 11.7. The number of nitrogens with one attached hydrogen (secondary N) is 1. The van der Waals surface area contributed by atoms with Gasteiger partial charge in [0.2, 0.25) is 15.9 Å². The van der Waals surface area contributed by atoms with Crippen LogP contribution in [0.5, 0.6) is 0 Å². The van der Waals surface area contributed by atoms with Gasteiger partial charge in [0.1, 0.15) is 17.3 Å². The second-order valence-electron chi connectivity index (χ2n) is 5.45. The molecular weight excluding hydrogens is 350 g/mol. The third-order valence-corrected chi connectivity index (χ3v) is 5.02. The summed E-state index contributed by atoms with van der Waals surface area (Å²) >= 11 is 0. The highest BCUT2D eigenvalue weighted by molar-refractivity contribution is 7.89. The Bertz CT molecular complexity index is 848. The van der Waals surface area contributed by atoms with E-state index in [1.54, 1.807) is 12.1 Å². The topological polar surface area (TPSA) is 66.5 Å². The fourth-order valence-electron chi connectivity index (χ4n) is 2.27. The first-order valence-corrected chi connectivity index (χ1v) is 8.99. The van der Waals surface area contributed by atoms with Gasteiger partial charge < -0.3 is 4.90 Å². The van der Waals surface area contributed by atoms with E-state index in [-0.39, 0.29) is 18.0 Å². The zero-order valence-electron chi connectivity index (χ0n) is 13.8. The van der Waals surface area contributed by atoms with Gasteiger partial charge in [-0.05, 0) is 31.2 Å². The number of benzene rings is 2. The fraction of sp³-hybridized carbons (Fsp3) is 0.235. The molecule has 0 radical (unpaired) electrons. The molecule has 8 heteroatoms. The van der Waals surface area contributed by atoms with E-state index < -0.39 is 33.3 Å². The summed E-state index contributed by atoms with van der Waals surface area (Å²) in [6, 6.07) is 9.48. The van der Waals surface area contributed by atoms with Crippen LogP contribution in [0.1, 0.15) is 12.5 Å². The molecule has 0 aromatic heterocycles. The van der Waals surface area contributed by atoms with Gasteiger partial charge in [-0.25, -0.2) is 21.9 Å². The average molecular weight is 368 g/mol. The minimum atomic E-state index is -3.78. The van der Waals surface area contributed by atoms with Crippen molar-refractivity contribution in [1.82, 2.24) is 4.72 Å². The number of para-hydroxylation sites is 1. The molecule has 2 aromatic carbocycles. The number of hydrogen-bond acceptors (Lipinski definition) is 3. The third kappa shape index (κ3) is 4.61. The maximum Gasteiger partial charge on any atom is 0.240 e. The predicted molar refractivity (Wildman–Crippen MR) is 90.8 cm³/mol. The quantitative estimate of drug-likeness (QED) is 0.852. The molecule has 0 aliphatic heterocycles. The van der Waals surface area contributed by atoms with Crippen molar-refractivity contribution < 1.29 is 22.0 Å². The summed E-state index contributed by atoms with van der Waals surface area (Å²) in [6.45, 7) is 2.58. The van der Waals surface area contributed by atoms with Gasteiger partial charge in [0.05, 0.1) is 4.90 Å². The van der Waals surface area contributed by atoms with E-state index in [2.05, 4.69) is 4.72 Å². The van der Waals surface area contributed by atoms with Crippen molar-refractivity contribution in [2.75, 3.05) is 18.0 Å². The Labute approximate surface area is 145 Å². The number of rotatable bonds is 6. The summed E-state index contributed by atoms with van der Waals surface area (Å²) < 4.78 is 54.4. The fourth-order valence-corrected chi connectivity index (χ4v) is 3.29. The second-order valence-corrected chi connectivity index (χ2v) is 7.22. The van der Waals surface area contributed by atoms with Crippen LogP contribution in [0.4, 0.5) is 14.5 Å². The molecule has 0 unspecified atom stereocenters. The number of halogens is 2. The van der Waals surface area contributed by atoms with Crippen molar-refractivity contribution >= 4 is 21.6 Å². The minimum absolute atomic E-state index is 0.0737. The lowest BCUT2D eigenvalue weighted by Gasteiger charge is -2.22. The largest absolute Gasteiger partial charge is 0.306 e. The molecule has 5 nitrogen and oxygen atoms in total. The van der Waals surface area contributed by atoms with Gasteiger partial charge in [0.15, 0.2) is 0 Å². The molecule has 25 heavy (non-hydrogen) atoms. The Kier molecular flexibility index (Phi) is 5.86. The van der Waals surface area contributed by atoms with Crippen molar-refractivity contribution in [3.63, 3.8) is 0 Å². The Morgan fingerprint density at radius 1 is 1.08 bits per heavy atom. The van der Waals surface area contributed by atoms with Gasteiger partial charge in [0.25, 0.3) is 0 Å². The molecule has 0 saturated heterocycles. The lowest BCUT2D eigenvalue weighted by molar-refractivity contribution is -0.116. The molecular formula is C17H18F2N2O3S. The normalized spacial score (nSPS) is 11.4. The van der Waals surface area contributed by atoms with Crippen molar-refractivity contribution in [2.45, 2.75) is 18.7 Å². The van der Waals surface area contributed by atoms with Crippen LogP contribution < -0.4 is 9.62 Å². The predicted octanol–water partition coefficient (Wildman–Crippen LogP) is 2.60. The highest BCUT2D eigenvalue weighted by Crippen LogP contribution is 2.23. The Hall–Kier alpha value is -2.32. The molecule has 0 aliphatic rings. The number of carbonyl (C=O) groups is 1. The highest BCUT2D eigenvalue weighted by Gasteiger charge is 2.21. The van der Waals surface area contributed by atoms with E-state index in [0.29, 0.717) is 0 Å². The highest BCUT2D eigenvalue weighted by atomic mass is 32.2. The summed E-state index contributed by atoms with van der Waals surface area (Å²) in [5.41, 5.74) is 0.418. The van der Waals surface area contributed by atoms with E-state index in [1.165, 1.54) is 18.2 Å². The van der Waals surface area contributed by atoms with Gasteiger partial charge >= 0.3 is 0 Å². The van der Waals surface area contributed by atoms with E-state index in [4.69, 9.17) is 0 Å². The number of anilines is 1. The SMILES string of the molecule is CC(=O)N(CCNS(=O)(=O)c1ccc(C)cc1)c1c(F)cccc1F. The number of amides is 1. The number of carbonyl (C=O) groups excluding carboxylic acids is 1. The lowest BCUT2D eigenvalue weighted by atomic mass is 10.2. The van der Waals surface area contributed by atoms with E-state index >= 15 is 0 Å². The molecule has 134 valence electrons. The molecule has 0 aliphatic carbocycles. The average Bonchev–Trinajstić information content (AvgIpc) is 2.53. The molecule has 0 saturated carbocycles. The molecule has 2 aromatic rings. The number of hydrogen-bond donors (Lipinski definition) is 1. The number of nitrogens with zero attached hydrogens (tertiary/aromatic N) is 1. The van der Waals surface area contributed by atoms with Gasteiger partial charge in [-0.15, -0.1) is 0 Å². The summed E-state index contributed by atoms with van der Waals surface area (Å²) in [6.07, 6.45) is 0. The smallest absolute Gasteiger partial charge is 0.240 e. The van der Waals surface area contributed by atoms with Crippen LogP contribution in [0.25, 0.3) is 0 Å². The third-order valence-electron chi connectivity index (χ3n) is 3.55. The zero-order valence-corrected chi connectivity index (χ0v) is 14.6. The summed E-state index contributed by atoms with van der Waals surface area (Å²) in [4.78, 5) is 12.7. The molecule has 0 bridgehead atoms. The maximum absolute atomic E-state index is 13.9. The minimum Gasteiger partial charge on any atom is -0.306 e. The molecule has 1 amide bonds. The molecule has 0 atom stereocenters. The van der Waals surface area contributed by atoms with Crippen molar-refractivity contribution in [3.8, 4) is 0 Å². The van der Waals surface area contributed by atoms with Gasteiger partial charge in [0, 0.05) is 20.0 Å². The van der Waals surface area contributed by atoms with Crippen LogP contribution in [-0.2, 0) is 14.8 Å². The van der Waals surface area contributed by atoms with Gasteiger partial charge in [-0.2, -0.15) is 0 Å². The van der Waals surface area contributed by atoms with Crippen LogP contribution in [0, 0.1) is 18.6 Å². The molecule has 0 fully saturated rings. The van der Waals surface area contributed by atoms with E-state index in [1.807, 2.05) is 6.92 Å². The zero-order chi connectivity index (χ0) is 18.6. The van der Waals surface area contributed by atoms with Crippen molar-refractivity contribution in [2.24, 2.45) is 0 Å². The Balaban J connectivity index is 2.12. The van der Waals surface area contributed by atoms with Crippen LogP contribution >= 0.6 is 0 Å².